The fourth-order valence-electron chi connectivity index (χ4n) is 4.69. The molecule has 1 heterocycles. The first-order valence-corrected chi connectivity index (χ1v) is 11.6. The second-order valence-corrected chi connectivity index (χ2v) is 9.20. The molecule has 1 aliphatic heterocycles. The molecule has 2 aliphatic rings. The quantitative estimate of drug-likeness (QED) is 0.326. The number of hydrogen-bond donors (Lipinski definition) is 1. The number of nitrogens with one attached hydrogen (secondary N) is 1. The van der Waals surface area contributed by atoms with Gasteiger partial charge in [-0.05, 0) is 73.2 Å². The number of fused-ring (bicyclic) bond motifs is 1. The lowest BCUT2D eigenvalue weighted by molar-refractivity contribution is -0.137. The van der Waals surface area contributed by atoms with Crippen LogP contribution in [0.2, 0.25) is 5.02 Å². The van der Waals surface area contributed by atoms with Gasteiger partial charge in [-0.2, -0.15) is 13.2 Å². The minimum absolute atomic E-state index is 0.0751. The van der Waals surface area contributed by atoms with Crippen LogP contribution in [0.1, 0.15) is 48.3 Å². The molecule has 0 saturated carbocycles. The molecule has 178 valence electrons. The molecule has 1 N–H and O–H groups in total. The molecular formula is C26H25ClF3N3O. The van der Waals surface area contributed by atoms with E-state index in [-0.39, 0.29) is 24.3 Å². The van der Waals surface area contributed by atoms with Gasteiger partial charge in [0.1, 0.15) is 0 Å². The van der Waals surface area contributed by atoms with Crippen molar-refractivity contribution < 1.29 is 18.0 Å². The second kappa shape index (κ2) is 10.1. The zero-order valence-electron chi connectivity index (χ0n) is 18.5. The van der Waals surface area contributed by atoms with Crippen LogP contribution in [0, 0.1) is 11.8 Å². The molecular weight excluding hydrogens is 463 g/mol. The standard InChI is InChI=1S/C26H25ClF3N3O/c1-31-23-13-20(27)12-21-22(15-33-25(21)23)18-6-2-4-16(10-18)8-9-24(34)32-14-17-5-3-7-19(11-17)26(28,29)30/h2-3,5-7,11-13,15-16,18,22H,1,4,8-10,14H2,(H,32,34). The van der Waals surface area contributed by atoms with Crippen molar-refractivity contribution in [1.29, 1.82) is 0 Å². The van der Waals surface area contributed by atoms with Crippen molar-refractivity contribution in [3.8, 4) is 0 Å². The minimum atomic E-state index is -4.40. The predicted molar refractivity (Wildman–Crippen MR) is 129 cm³/mol. The van der Waals surface area contributed by atoms with Gasteiger partial charge >= 0.3 is 6.18 Å². The van der Waals surface area contributed by atoms with Gasteiger partial charge in [-0.3, -0.25) is 14.8 Å². The molecule has 2 aromatic rings. The SMILES string of the molecule is C=Nc1cc(Cl)cc2c1N=CC2C1C=CCC(CCC(=O)NCc2cccc(C(F)(F)F)c2)C1. The first-order chi connectivity index (χ1) is 16.2. The number of rotatable bonds is 7. The first-order valence-electron chi connectivity index (χ1n) is 11.2. The zero-order valence-corrected chi connectivity index (χ0v) is 19.2. The van der Waals surface area contributed by atoms with Crippen molar-refractivity contribution in [2.24, 2.45) is 21.8 Å². The topological polar surface area (TPSA) is 53.8 Å². The number of aliphatic imine (C=N–C) groups is 2. The lowest BCUT2D eigenvalue weighted by atomic mass is 9.76. The van der Waals surface area contributed by atoms with Crippen LogP contribution in [0.25, 0.3) is 0 Å². The van der Waals surface area contributed by atoms with E-state index in [0.29, 0.717) is 35.0 Å². The third-order valence-electron chi connectivity index (χ3n) is 6.42. The molecule has 0 bridgehead atoms. The van der Waals surface area contributed by atoms with Crippen LogP contribution < -0.4 is 5.32 Å². The van der Waals surface area contributed by atoms with Crippen molar-refractivity contribution in [3.05, 3.63) is 70.3 Å². The van der Waals surface area contributed by atoms with E-state index in [9.17, 15) is 18.0 Å². The van der Waals surface area contributed by atoms with Crippen LogP contribution in [-0.2, 0) is 17.5 Å². The number of amides is 1. The Bertz CT molecular complexity index is 1140. The predicted octanol–water partition coefficient (Wildman–Crippen LogP) is 7.17. The molecule has 1 amide bonds. The maximum absolute atomic E-state index is 12.9. The van der Waals surface area contributed by atoms with Crippen molar-refractivity contribution in [1.82, 2.24) is 5.32 Å². The van der Waals surface area contributed by atoms with Gasteiger partial charge in [-0.25, -0.2) is 0 Å². The first kappa shape index (κ1) is 24.2. The molecule has 8 heteroatoms. The molecule has 3 atom stereocenters. The smallest absolute Gasteiger partial charge is 0.352 e. The highest BCUT2D eigenvalue weighted by Crippen LogP contribution is 2.47. The molecule has 0 saturated heterocycles. The number of nitrogens with zero attached hydrogens (tertiary/aromatic N) is 2. The van der Waals surface area contributed by atoms with Crippen molar-refractivity contribution in [2.75, 3.05) is 0 Å². The van der Waals surface area contributed by atoms with Gasteiger partial charge < -0.3 is 5.32 Å². The summed E-state index contributed by atoms with van der Waals surface area (Å²) in [6, 6.07) is 8.70. The summed E-state index contributed by atoms with van der Waals surface area (Å²) in [5, 5.41) is 3.34. The molecule has 0 radical (unpaired) electrons. The fraction of sp³-hybridized carbons (Fsp3) is 0.346. The van der Waals surface area contributed by atoms with Gasteiger partial charge in [-0.1, -0.05) is 35.9 Å². The highest BCUT2D eigenvalue weighted by molar-refractivity contribution is 6.31. The van der Waals surface area contributed by atoms with Gasteiger partial charge in [0.15, 0.2) is 0 Å². The van der Waals surface area contributed by atoms with Crippen molar-refractivity contribution in [2.45, 2.75) is 44.3 Å². The van der Waals surface area contributed by atoms with E-state index in [4.69, 9.17) is 11.6 Å². The maximum atomic E-state index is 12.9. The minimum Gasteiger partial charge on any atom is -0.352 e. The number of alkyl halides is 3. The van der Waals surface area contributed by atoms with Gasteiger partial charge in [0.25, 0.3) is 0 Å². The molecule has 3 unspecified atom stereocenters. The normalized spacial score (nSPS) is 21.4. The summed E-state index contributed by atoms with van der Waals surface area (Å²) in [6.45, 7) is 3.68. The van der Waals surface area contributed by atoms with E-state index in [2.05, 4.69) is 34.2 Å². The van der Waals surface area contributed by atoms with Crippen LogP contribution in [0.15, 0.2) is 58.5 Å². The summed E-state index contributed by atoms with van der Waals surface area (Å²) in [5.41, 5.74) is 2.25. The van der Waals surface area contributed by atoms with E-state index in [1.165, 1.54) is 6.07 Å². The number of benzene rings is 2. The monoisotopic (exact) mass is 487 g/mol. The van der Waals surface area contributed by atoms with Crippen molar-refractivity contribution >= 4 is 41.8 Å². The zero-order chi connectivity index (χ0) is 24.3. The van der Waals surface area contributed by atoms with E-state index >= 15 is 0 Å². The third-order valence-corrected chi connectivity index (χ3v) is 6.64. The summed E-state index contributed by atoms with van der Waals surface area (Å²) in [6.07, 6.45) is 4.75. The molecule has 4 nitrogen and oxygen atoms in total. The van der Waals surface area contributed by atoms with E-state index in [1.807, 2.05) is 12.3 Å². The molecule has 34 heavy (non-hydrogen) atoms. The fourth-order valence-corrected chi connectivity index (χ4v) is 4.91. The Kier molecular flexibility index (Phi) is 7.22. The molecule has 0 spiro atoms. The van der Waals surface area contributed by atoms with Crippen molar-refractivity contribution in [3.63, 3.8) is 0 Å². The van der Waals surface area contributed by atoms with Crippen LogP contribution in [0.4, 0.5) is 24.5 Å². The van der Waals surface area contributed by atoms with E-state index in [1.54, 1.807) is 12.1 Å². The Hall–Kier alpha value is -2.93. The van der Waals surface area contributed by atoms with Crippen LogP contribution in [-0.4, -0.2) is 18.8 Å². The van der Waals surface area contributed by atoms with Crippen LogP contribution in [0.5, 0.6) is 0 Å². The third kappa shape index (κ3) is 5.58. The van der Waals surface area contributed by atoms with Gasteiger partial charge in [0.2, 0.25) is 5.91 Å². The number of carbonyl (C=O) groups excluding carboxylic acids is 1. The molecule has 0 fully saturated rings. The average Bonchev–Trinajstić information content (AvgIpc) is 3.24. The van der Waals surface area contributed by atoms with Crippen LogP contribution in [0.3, 0.4) is 0 Å². The summed E-state index contributed by atoms with van der Waals surface area (Å²) in [7, 11) is 0. The van der Waals surface area contributed by atoms with Gasteiger partial charge in [0, 0.05) is 30.1 Å². The Morgan fingerprint density at radius 3 is 2.85 bits per heavy atom. The highest BCUT2D eigenvalue weighted by Gasteiger charge is 2.32. The Labute approximate surface area is 201 Å². The highest BCUT2D eigenvalue weighted by atomic mass is 35.5. The maximum Gasteiger partial charge on any atom is 0.416 e. The lowest BCUT2D eigenvalue weighted by Gasteiger charge is -2.28. The van der Waals surface area contributed by atoms with E-state index in [0.717, 1.165) is 36.2 Å². The summed E-state index contributed by atoms with van der Waals surface area (Å²) < 4.78 is 38.6. The summed E-state index contributed by atoms with van der Waals surface area (Å²) >= 11 is 6.27. The Morgan fingerprint density at radius 1 is 1.26 bits per heavy atom. The number of allylic oxidation sites excluding steroid dienone is 2. The van der Waals surface area contributed by atoms with E-state index < -0.39 is 11.7 Å². The molecule has 4 rings (SSSR count). The number of hydrogen-bond acceptors (Lipinski definition) is 3. The second-order valence-electron chi connectivity index (χ2n) is 8.77. The average molecular weight is 488 g/mol. The molecule has 0 aromatic heterocycles. The summed E-state index contributed by atoms with van der Waals surface area (Å²) in [4.78, 5) is 20.9. The Balaban J connectivity index is 1.30. The number of halogens is 4. The Morgan fingerprint density at radius 2 is 2.09 bits per heavy atom. The summed E-state index contributed by atoms with van der Waals surface area (Å²) in [5.74, 6) is 0.517. The lowest BCUT2D eigenvalue weighted by Crippen LogP contribution is -2.24. The largest absolute Gasteiger partial charge is 0.416 e. The van der Waals surface area contributed by atoms with Gasteiger partial charge in [-0.15, -0.1) is 0 Å². The molecule has 2 aromatic carbocycles. The van der Waals surface area contributed by atoms with Gasteiger partial charge in [0.05, 0.1) is 16.9 Å². The molecule has 1 aliphatic carbocycles. The number of carbonyl (C=O) groups is 1. The van der Waals surface area contributed by atoms with Crippen LogP contribution >= 0.6 is 11.6 Å².